The first-order valence-corrected chi connectivity index (χ1v) is 8.81. The average Bonchev–Trinajstić information content (AvgIpc) is 2.92. The Morgan fingerprint density at radius 1 is 1.25 bits per heavy atom. The lowest BCUT2D eigenvalue weighted by atomic mass is 9.88. The molecular formula is C17H17N3O3S. The van der Waals surface area contributed by atoms with E-state index < -0.39 is 4.92 Å². The minimum atomic E-state index is -0.427. The molecule has 2 unspecified atom stereocenters. The van der Waals surface area contributed by atoms with Gasteiger partial charge in [0.15, 0.2) is 0 Å². The topological polar surface area (TPSA) is 84.3 Å². The van der Waals surface area contributed by atoms with Crippen LogP contribution in [0.15, 0.2) is 24.3 Å². The number of non-ortho nitro benzene ring substituents is 1. The van der Waals surface area contributed by atoms with Crippen molar-refractivity contribution in [1.82, 2.24) is 5.32 Å². The van der Waals surface area contributed by atoms with E-state index in [4.69, 9.17) is 0 Å². The summed E-state index contributed by atoms with van der Waals surface area (Å²) in [6.07, 6.45) is 2.75. The Morgan fingerprint density at radius 3 is 2.71 bits per heavy atom. The Kier molecular flexibility index (Phi) is 3.53. The number of nitro groups is 1. The van der Waals surface area contributed by atoms with Gasteiger partial charge in [-0.15, -0.1) is 11.3 Å². The summed E-state index contributed by atoms with van der Waals surface area (Å²) in [5.41, 5.74) is 2.84. The lowest BCUT2D eigenvalue weighted by Gasteiger charge is -2.27. The number of anilines is 1. The van der Waals surface area contributed by atoms with Crippen molar-refractivity contribution in [3.05, 3.63) is 55.9 Å². The van der Waals surface area contributed by atoms with Gasteiger partial charge in [-0.1, -0.05) is 6.92 Å². The average molecular weight is 343 g/mol. The van der Waals surface area contributed by atoms with E-state index in [0.717, 1.165) is 35.4 Å². The zero-order valence-electron chi connectivity index (χ0n) is 13.2. The van der Waals surface area contributed by atoms with Crippen molar-refractivity contribution in [1.29, 1.82) is 0 Å². The van der Waals surface area contributed by atoms with Crippen molar-refractivity contribution in [2.45, 2.75) is 32.4 Å². The molecule has 0 saturated carbocycles. The van der Waals surface area contributed by atoms with E-state index >= 15 is 0 Å². The van der Waals surface area contributed by atoms with Gasteiger partial charge in [0.1, 0.15) is 11.2 Å². The Balaban J connectivity index is 1.64. The van der Waals surface area contributed by atoms with Crippen molar-refractivity contribution < 1.29 is 9.72 Å². The Labute approximate surface area is 143 Å². The monoisotopic (exact) mass is 343 g/mol. The van der Waals surface area contributed by atoms with Crippen molar-refractivity contribution in [2.75, 3.05) is 5.32 Å². The smallest absolute Gasteiger partial charge is 0.269 e. The number of nitrogens with zero attached hydrogens (tertiary/aromatic N) is 1. The summed E-state index contributed by atoms with van der Waals surface area (Å²) in [4.78, 5) is 24.3. The lowest BCUT2D eigenvalue weighted by Crippen LogP contribution is -2.38. The maximum absolute atomic E-state index is 12.6. The van der Waals surface area contributed by atoms with Crippen molar-refractivity contribution in [3.63, 3.8) is 0 Å². The molecule has 2 N–H and O–H groups in total. The van der Waals surface area contributed by atoms with Crippen LogP contribution in [-0.2, 0) is 12.8 Å². The number of nitro benzene ring substituents is 1. The molecule has 1 aliphatic heterocycles. The molecule has 0 radical (unpaired) electrons. The molecule has 0 saturated heterocycles. The first kappa shape index (κ1) is 15.1. The normalized spacial score (nSPS) is 22.1. The highest BCUT2D eigenvalue weighted by molar-refractivity contribution is 7.16. The van der Waals surface area contributed by atoms with Crippen LogP contribution in [0.5, 0.6) is 0 Å². The number of rotatable bonds is 2. The predicted octanol–water partition coefficient (Wildman–Crippen LogP) is 3.64. The van der Waals surface area contributed by atoms with Gasteiger partial charge in [0, 0.05) is 17.0 Å². The minimum Gasteiger partial charge on any atom is -0.353 e. The van der Waals surface area contributed by atoms with Crippen LogP contribution >= 0.6 is 11.3 Å². The highest BCUT2D eigenvalue weighted by atomic mass is 32.1. The van der Waals surface area contributed by atoms with E-state index in [2.05, 4.69) is 17.6 Å². The summed E-state index contributed by atoms with van der Waals surface area (Å²) in [5.74, 6) is 0.602. The maximum Gasteiger partial charge on any atom is 0.269 e. The summed E-state index contributed by atoms with van der Waals surface area (Å²) in [5, 5.41) is 18.0. The molecule has 0 spiro atoms. The first-order chi connectivity index (χ1) is 11.5. The predicted molar refractivity (Wildman–Crippen MR) is 92.4 cm³/mol. The third kappa shape index (κ3) is 2.45. The fraction of sp³-hybridized carbons (Fsp3) is 0.353. The molecule has 124 valence electrons. The van der Waals surface area contributed by atoms with Crippen molar-refractivity contribution in [3.8, 4) is 0 Å². The number of fused-ring (bicyclic) bond motifs is 3. The number of benzene rings is 1. The van der Waals surface area contributed by atoms with Crippen LogP contribution in [0.1, 0.15) is 45.9 Å². The number of carbonyl (C=O) groups is 1. The van der Waals surface area contributed by atoms with Crippen LogP contribution in [0.4, 0.5) is 10.7 Å². The second-order valence-corrected chi connectivity index (χ2v) is 7.56. The van der Waals surface area contributed by atoms with E-state index in [-0.39, 0.29) is 17.8 Å². The molecule has 6 nitrogen and oxygen atoms in total. The number of nitrogens with one attached hydrogen (secondary N) is 2. The third-order valence-corrected chi connectivity index (χ3v) is 5.91. The Hall–Kier alpha value is -2.41. The standard InChI is InChI=1S/C17H17N3O3S/c1-9-2-7-12-13(8-9)24-17-14(12)16(21)18-15(19-17)10-3-5-11(6-4-10)20(22)23/h3-6,9,15,19H,2,7-8H2,1H3,(H,18,21). The van der Waals surface area contributed by atoms with E-state index in [0.29, 0.717) is 5.92 Å². The van der Waals surface area contributed by atoms with Gasteiger partial charge in [-0.2, -0.15) is 0 Å². The Bertz CT molecular complexity index is 828. The van der Waals surface area contributed by atoms with Crippen LogP contribution in [0.25, 0.3) is 0 Å². The third-order valence-electron chi connectivity index (χ3n) is 4.73. The first-order valence-electron chi connectivity index (χ1n) is 7.99. The van der Waals surface area contributed by atoms with E-state index in [1.54, 1.807) is 23.5 Å². The summed E-state index contributed by atoms with van der Waals surface area (Å²) in [6.45, 7) is 2.24. The van der Waals surface area contributed by atoms with Gasteiger partial charge in [0.25, 0.3) is 11.6 Å². The van der Waals surface area contributed by atoms with E-state index in [1.807, 2.05) is 0 Å². The van der Waals surface area contributed by atoms with Crippen molar-refractivity contribution in [2.24, 2.45) is 5.92 Å². The van der Waals surface area contributed by atoms with Gasteiger partial charge in [-0.25, -0.2) is 0 Å². The summed E-state index contributed by atoms with van der Waals surface area (Å²) >= 11 is 1.67. The maximum atomic E-state index is 12.6. The second-order valence-electron chi connectivity index (χ2n) is 6.46. The molecule has 7 heteroatoms. The van der Waals surface area contributed by atoms with Crippen molar-refractivity contribution >= 4 is 27.9 Å². The molecule has 2 aromatic rings. The molecule has 4 rings (SSSR count). The highest BCUT2D eigenvalue weighted by Crippen LogP contribution is 2.42. The van der Waals surface area contributed by atoms with E-state index in [1.165, 1.54) is 22.6 Å². The molecule has 2 aliphatic rings. The number of hydrogen-bond acceptors (Lipinski definition) is 5. The van der Waals surface area contributed by atoms with Gasteiger partial charge in [0.05, 0.1) is 10.5 Å². The molecule has 1 aromatic carbocycles. The quantitative estimate of drug-likeness (QED) is 0.644. The zero-order valence-corrected chi connectivity index (χ0v) is 14.0. The van der Waals surface area contributed by atoms with Crippen LogP contribution in [0.3, 0.4) is 0 Å². The molecule has 1 aromatic heterocycles. The van der Waals surface area contributed by atoms with Gasteiger partial charge in [0.2, 0.25) is 0 Å². The van der Waals surface area contributed by atoms with Crippen LogP contribution in [-0.4, -0.2) is 10.8 Å². The van der Waals surface area contributed by atoms with Gasteiger partial charge in [-0.05, 0) is 48.4 Å². The second kappa shape index (κ2) is 5.59. The molecule has 24 heavy (non-hydrogen) atoms. The number of thiophene rings is 1. The largest absolute Gasteiger partial charge is 0.353 e. The minimum absolute atomic E-state index is 0.0437. The van der Waals surface area contributed by atoms with Gasteiger partial charge >= 0.3 is 0 Å². The molecular weight excluding hydrogens is 326 g/mol. The van der Waals surface area contributed by atoms with Crippen LogP contribution in [0.2, 0.25) is 0 Å². The molecule has 2 heterocycles. The Morgan fingerprint density at radius 2 is 2.00 bits per heavy atom. The number of carbonyl (C=O) groups excluding carboxylic acids is 1. The SMILES string of the molecule is CC1CCc2c(sc3c2C(=O)NC(c2ccc([N+](=O)[O-])cc2)N3)C1. The zero-order chi connectivity index (χ0) is 16.8. The van der Waals surface area contributed by atoms with Crippen LogP contribution < -0.4 is 10.6 Å². The van der Waals surface area contributed by atoms with Crippen LogP contribution in [0, 0.1) is 16.0 Å². The summed E-state index contributed by atoms with van der Waals surface area (Å²) < 4.78 is 0. The molecule has 1 amide bonds. The number of amides is 1. The van der Waals surface area contributed by atoms with Gasteiger partial charge in [-0.3, -0.25) is 14.9 Å². The number of hydrogen-bond donors (Lipinski definition) is 2. The molecule has 0 fully saturated rings. The molecule has 1 aliphatic carbocycles. The highest BCUT2D eigenvalue weighted by Gasteiger charge is 2.33. The fourth-order valence-electron chi connectivity index (χ4n) is 3.42. The summed E-state index contributed by atoms with van der Waals surface area (Å²) in [6, 6.07) is 6.27. The van der Waals surface area contributed by atoms with Gasteiger partial charge < -0.3 is 10.6 Å². The fourth-order valence-corrected chi connectivity index (χ4v) is 4.85. The lowest BCUT2D eigenvalue weighted by molar-refractivity contribution is -0.384. The summed E-state index contributed by atoms with van der Waals surface area (Å²) in [7, 11) is 0. The molecule has 0 bridgehead atoms. The molecule has 2 atom stereocenters. The van der Waals surface area contributed by atoms with E-state index in [9.17, 15) is 14.9 Å².